The van der Waals surface area contributed by atoms with Gasteiger partial charge in [0.05, 0.1) is 11.4 Å². The molecular weight excluding hydrogens is 336 g/mol. The number of aromatic nitrogens is 2. The molecule has 2 aromatic carbocycles. The van der Waals surface area contributed by atoms with Gasteiger partial charge in [-0.2, -0.15) is 5.10 Å². The van der Waals surface area contributed by atoms with Gasteiger partial charge in [0.1, 0.15) is 5.69 Å². The first-order chi connectivity index (χ1) is 13.0. The van der Waals surface area contributed by atoms with E-state index in [9.17, 15) is 4.79 Å². The Bertz CT molecular complexity index is 929. The van der Waals surface area contributed by atoms with Gasteiger partial charge in [0, 0.05) is 18.7 Å². The van der Waals surface area contributed by atoms with Gasteiger partial charge in [0.25, 0.3) is 5.91 Å². The van der Waals surface area contributed by atoms with Crippen LogP contribution in [-0.2, 0) is 0 Å². The van der Waals surface area contributed by atoms with Gasteiger partial charge in [-0.1, -0.05) is 42.5 Å². The molecule has 0 saturated carbocycles. The molecule has 1 amide bonds. The predicted octanol–water partition coefficient (Wildman–Crippen LogP) is 3.45. The summed E-state index contributed by atoms with van der Waals surface area (Å²) in [5, 5.41) is 7.76. The second-order valence-electron chi connectivity index (χ2n) is 7.04. The highest BCUT2D eigenvalue weighted by molar-refractivity contribution is 5.94. The average Bonchev–Trinajstić information content (AvgIpc) is 3.09. The van der Waals surface area contributed by atoms with Gasteiger partial charge in [-0.15, -0.1) is 0 Å². The van der Waals surface area contributed by atoms with Crippen LogP contribution >= 0.6 is 0 Å². The fraction of sp³-hybridized carbons (Fsp3) is 0.273. The minimum absolute atomic E-state index is 0.118. The Kier molecular flexibility index (Phi) is 5.72. The number of nitrogens with zero attached hydrogens (tertiary/aromatic N) is 3. The highest BCUT2D eigenvalue weighted by Gasteiger charge is 2.18. The SMILES string of the molecule is Cc1ccc(C)c(-n2nc(-c3ccccc3)cc2C(=O)NCCN(C)C)c1. The molecule has 1 N–H and O–H groups in total. The molecule has 3 rings (SSSR count). The summed E-state index contributed by atoms with van der Waals surface area (Å²) < 4.78 is 1.76. The van der Waals surface area contributed by atoms with Crippen LogP contribution in [0, 0.1) is 13.8 Å². The number of hydrogen-bond acceptors (Lipinski definition) is 3. The summed E-state index contributed by atoms with van der Waals surface area (Å²) >= 11 is 0. The van der Waals surface area contributed by atoms with E-state index in [1.807, 2.05) is 69.2 Å². The lowest BCUT2D eigenvalue weighted by Gasteiger charge is -2.13. The molecule has 3 aromatic rings. The van der Waals surface area contributed by atoms with Crippen LogP contribution in [-0.4, -0.2) is 47.8 Å². The summed E-state index contributed by atoms with van der Waals surface area (Å²) in [5.41, 5.74) is 5.45. The van der Waals surface area contributed by atoms with E-state index < -0.39 is 0 Å². The van der Waals surface area contributed by atoms with E-state index >= 15 is 0 Å². The van der Waals surface area contributed by atoms with Crippen molar-refractivity contribution in [3.05, 3.63) is 71.4 Å². The number of aryl methyl sites for hydroxylation is 2. The van der Waals surface area contributed by atoms with Gasteiger partial charge in [-0.3, -0.25) is 4.79 Å². The summed E-state index contributed by atoms with van der Waals surface area (Å²) in [4.78, 5) is 14.9. The summed E-state index contributed by atoms with van der Waals surface area (Å²) in [6, 6.07) is 18.0. The Morgan fingerprint density at radius 1 is 1.07 bits per heavy atom. The Hall–Kier alpha value is -2.92. The lowest BCUT2D eigenvalue weighted by molar-refractivity contribution is 0.0943. The maximum Gasteiger partial charge on any atom is 0.270 e. The van der Waals surface area contributed by atoms with Gasteiger partial charge in [-0.25, -0.2) is 4.68 Å². The Morgan fingerprint density at radius 2 is 1.81 bits per heavy atom. The molecule has 1 aromatic heterocycles. The average molecular weight is 362 g/mol. The molecular formula is C22H26N4O. The number of carbonyl (C=O) groups excluding carboxylic acids is 1. The normalized spacial score (nSPS) is 11.0. The van der Waals surface area contributed by atoms with Gasteiger partial charge < -0.3 is 10.2 Å². The molecule has 1 heterocycles. The summed E-state index contributed by atoms with van der Waals surface area (Å²) in [6.45, 7) is 5.45. The summed E-state index contributed by atoms with van der Waals surface area (Å²) in [6.07, 6.45) is 0. The molecule has 0 fully saturated rings. The monoisotopic (exact) mass is 362 g/mol. The molecule has 27 heavy (non-hydrogen) atoms. The molecule has 0 aliphatic heterocycles. The van der Waals surface area contributed by atoms with Crippen LogP contribution < -0.4 is 5.32 Å². The van der Waals surface area contributed by atoms with Crippen LogP contribution in [0.4, 0.5) is 0 Å². The predicted molar refractivity (Wildman–Crippen MR) is 109 cm³/mol. The van der Waals surface area contributed by atoms with Crippen LogP contribution in [0.3, 0.4) is 0 Å². The largest absolute Gasteiger partial charge is 0.349 e. The first-order valence-corrected chi connectivity index (χ1v) is 9.12. The third-order valence-electron chi connectivity index (χ3n) is 4.45. The molecule has 0 spiro atoms. The van der Waals surface area contributed by atoms with Crippen molar-refractivity contribution in [2.75, 3.05) is 27.2 Å². The Morgan fingerprint density at radius 3 is 2.52 bits per heavy atom. The number of hydrogen-bond donors (Lipinski definition) is 1. The minimum Gasteiger partial charge on any atom is -0.349 e. The van der Waals surface area contributed by atoms with Crippen LogP contribution in [0.5, 0.6) is 0 Å². The fourth-order valence-corrected chi connectivity index (χ4v) is 2.91. The molecule has 5 nitrogen and oxygen atoms in total. The number of rotatable bonds is 6. The molecule has 0 aliphatic carbocycles. The van der Waals surface area contributed by atoms with E-state index in [0.717, 1.165) is 34.6 Å². The number of nitrogens with one attached hydrogen (secondary N) is 1. The third kappa shape index (κ3) is 4.44. The van der Waals surface area contributed by atoms with E-state index in [1.165, 1.54) is 0 Å². The van der Waals surface area contributed by atoms with E-state index in [4.69, 9.17) is 5.10 Å². The molecule has 0 radical (unpaired) electrons. The van der Waals surface area contributed by atoms with E-state index in [0.29, 0.717) is 12.2 Å². The highest BCUT2D eigenvalue weighted by Crippen LogP contribution is 2.24. The molecule has 0 bridgehead atoms. The zero-order valence-electron chi connectivity index (χ0n) is 16.4. The minimum atomic E-state index is -0.118. The van der Waals surface area contributed by atoms with Crippen molar-refractivity contribution in [3.63, 3.8) is 0 Å². The topological polar surface area (TPSA) is 50.2 Å². The second kappa shape index (κ2) is 8.18. The van der Waals surface area contributed by atoms with E-state index in [2.05, 4.69) is 23.5 Å². The van der Waals surface area contributed by atoms with Crippen molar-refractivity contribution in [1.82, 2.24) is 20.0 Å². The molecule has 0 saturated heterocycles. The van der Waals surface area contributed by atoms with Gasteiger partial charge >= 0.3 is 0 Å². The second-order valence-corrected chi connectivity index (χ2v) is 7.04. The van der Waals surface area contributed by atoms with Crippen molar-refractivity contribution in [1.29, 1.82) is 0 Å². The smallest absolute Gasteiger partial charge is 0.270 e. The molecule has 5 heteroatoms. The van der Waals surface area contributed by atoms with Gasteiger partial charge in [0.2, 0.25) is 0 Å². The maximum atomic E-state index is 12.9. The van der Waals surface area contributed by atoms with Crippen LogP contribution in [0.1, 0.15) is 21.6 Å². The molecule has 0 aliphatic rings. The Balaban J connectivity index is 2.03. The van der Waals surface area contributed by atoms with Crippen molar-refractivity contribution >= 4 is 5.91 Å². The number of amides is 1. The van der Waals surface area contributed by atoms with Crippen LogP contribution in [0.15, 0.2) is 54.6 Å². The van der Waals surface area contributed by atoms with Crippen molar-refractivity contribution in [2.45, 2.75) is 13.8 Å². The molecule has 140 valence electrons. The third-order valence-corrected chi connectivity index (χ3v) is 4.45. The number of benzene rings is 2. The van der Waals surface area contributed by atoms with Gasteiger partial charge in [0.15, 0.2) is 0 Å². The number of likely N-dealkylation sites (N-methyl/N-ethyl adjacent to an activating group) is 1. The zero-order valence-corrected chi connectivity index (χ0v) is 16.4. The zero-order chi connectivity index (χ0) is 19.4. The first-order valence-electron chi connectivity index (χ1n) is 9.12. The summed E-state index contributed by atoms with van der Waals surface area (Å²) in [7, 11) is 3.97. The fourth-order valence-electron chi connectivity index (χ4n) is 2.91. The maximum absolute atomic E-state index is 12.9. The first kappa shape index (κ1) is 18.9. The molecule has 0 atom stereocenters. The Labute approximate surface area is 160 Å². The molecule has 0 unspecified atom stereocenters. The quantitative estimate of drug-likeness (QED) is 0.731. The van der Waals surface area contributed by atoms with Crippen molar-refractivity contribution in [2.24, 2.45) is 0 Å². The van der Waals surface area contributed by atoms with Crippen molar-refractivity contribution in [3.8, 4) is 16.9 Å². The lowest BCUT2D eigenvalue weighted by atomic mass is 10.1. The summed E-state index contributed by atoms with van der Waals surface area (Å²) in [5.74, 6) is -0.118. The number of carbonyl (C=O) groups is 1. The van der Waals surface area contributed by atoms with Crippen molar-refractivity contribution < 1.29 is 4.79 Å². The van der Waals surface area contributed by atoms with Gasteiger partial charge in [-0.05, 0) is 51.2 Å². The van der Waals surface area contributed by atoms with Crippen LogP contribution in [0.2, 0.25) is 0 Å². The lowest BCUT2D eigenvalue weighted by Crippen LogP contribution is -2.32. The standard InChI is InChI=1S/C22H26N4O/c1-16-10-11-17(2)20(14-16)26-21(22(27)23-12-13-25(3)4)15-19(24-26)18-8-6-5-7-9-18/h5-11,14-15H,12-13H2,1-4H3,(H,23,27). The van der Waals surface area contributed by atoms with E-state index in [-0.39, 0.29) is 5.91 Å². The van der Waals surface area contributed by atoms with Crippen LogP contribution in [0.25, 0.3) is 16.9 Å². The van der Waals surface area contributed by atoms with E-state index in [1.54, 1.807) is 4.68 Å². The highest BCUT2D eigenvalue weighted by atomic mass is 16.2.